The first-order valence-electron chi connectivity index (χ1n) is 8.99. The van der Waals surface area contributed by atoms with Crippen molar-refractivity contribution >= 4 is 17.5 Å². The van der Waals surface area contributed by atoms with Crippen molar-refractivity contribution in [3.63, 3.8) is 0 Å². The predicted octanol–water partition coefficient (Wildman–Crippen LogP) is 4.45. The van der Waals surface area contributed by atoms with Gasteiger partial charge in [0.1, 0.15) is 12.3 Å². The third-order valence-electron chi connectivity index (χ3n) is 4.67. The van der Waals surface area contributed by atoms with Gasteiger partial charge in [-0.1, -0.05) is 29.8 Å². The summed E-state index contributed by atoms with van der Waals surface area (Å²) in [5.41, 5.74) is 3.63. The predicted molar refractivity (Wildman–Crippen MR) is 108 cm³/mol. The van der Waals surface area contributed by atoms with Gasteiger partial charge in [0.2, 0.25) is 0 Å². The molecular formula is C22H19ClN2O3. The Morgan fingerprint density at radius 1 is 1.14 bits per heavy atom. The van der Waals surface area contributed by atoms with Crippen molar-refractivity contribution in [3.05, 3.63) is 76.6 Å². The summed E-state index contributed by atoms with van der Waals surface area (Å²) in [5.74, 6) is 0.307. The number of phenolic OH excluding ortho intramolecular Hbond substituents is 1. The van der Waals surface area contributed by atoms with Gasteiger partial charge in [0, 0.05) is 22.8 Å². The van der Waals surface area contributed by atoms with E-state index in [1.54, 1.807) is 23.1 Å². The Morgan fingerprint density at radius 2 is 1.96 bits per heavy atom. The van der Waals surface area contributed by atoms with Gasteiger partial charge >= 0.3 is 0 Å². The minimum Gasteiger partial charge on any atom is -0.504 e. The SMILES string of the molecule is Cc1cccc(C(=O)N2CCOc3c(O)cc(-c4cccc(Cl)c4)cc3C2)n1. The van der Waals surface area contributed by atoms with Crippen LogP contribution in [0, 0.1) is 6.92 Å². The fourth-order valence-electron chi connectivity index (χ4n) is 3.33. The van der Waals surface area contributed by atoms with Gasteiger partial charge in [-0.25, -0.2) is 4.98 Å². The molecule has 0 radical (unpaired) electrons. The van der Waals surface area contributed by atoms with Crippen molar-refractivity contribution in [2.45, 2.75) is 13.5 Å². The van der Waals surface area contributed by atoms with Gasteiger partial charge in [0.05, 0.1) is 6.54 Å². The average Bonchev–Trinajstić information content (AvgIpc) is 2.90. The van der Waals surface area contributed by atoms with Crippen molar-refractivity contribution < 1.29 is 14.6 Å². The molecule has 0 fully saturated rings. The number of pyridine rings is 1. The lowest BCUT2D eigenvalue weighted by molar-refractivity contribution is 0.0727. The molecule has 6 heteroatoms. The van der Waals surface area contributed by atoms with Crippen LogP contribution in [0.5, 0.6) is 11.5 Å². The largest absolute Gasteiger partial charge is 0.504 e. The summed E-state index contributed by atoms with van der Waals surface area (Å²) in [6.07, 6.45) is 0. The first-order chi connectivity index (χ1) is 13.5. The van der Waals surface area contributed by atoms with E-state index in [2.05, 4.69) is 4.98 Å². The number of rotatable bonds is 2. The Bertz CT molecular complexity index is 1050. The maximum atomic E-state index is 12.9. The molecule has 28 heavy (non-hydrogen) atoms. The molecule has 0 atom stereocenters. The van der Waals surface area contributed by atoms with Crippen molar-refractivity contribution in [1.29, 1.82) is 0 Å². The first kappa shape index (κ1) is 18.3. The van der Waals surface area contributed by atoms with Crippen LogP contribution in [0.3, 0.4) is 0 Å². The highest BCUT2D eigenvalue weighted by atomic mass is 35.5. The Kier molecular flexibility index (Phi) is 4.92. The number of hydrogen-bond acceptors (Lipinski definition) is 4. The quantitative estimate of drug-likeness (QED) is 0.697. The molecule has 5 nitrogen and oxygen atoms in total. The highest BCUT2D eigenvalue weighted by molar-refractivity contribution is 6.30. The van der Waals surface area contributed by atoms with Gasteiger partial charge in [-0.05, 0) is 54.4 Å². The zero-order valence-corrected chi connectivity index (χ0v) is 16.1. The monoisotopic (exact) mass is 394 g/mol. The average molecular weight is 395 g/mol. The minimum absolute atomic E-state index is 0.0513. The van der Waals surface area contributed by atoms with Gasteiger partial charge in [-0.3, -0.25) is 4.79 Å². The Labute approximate surface area is 168 Å². The van der Waals surface area contributed by atoms with E-state index in [4.69, 9.17) is 16.3 Å². The lowest BCUT2D eigenvalue weighted by Crippen LogP contribution is -2.33. The molecule has 142 valence electrons. The van der Waals surface area contributed by atoms with Gasteiger partial charge in [-0.15, -0.1) is 0 Å². The second kappa shape index (κ2) is 7.52. The second-order valence-corrected chi connectivity index (χ2v) is 7.17. The number of benzene rings is 2. The molecule has 0 saturated heterocycles. The smallest absolute Gasteiger partial charge is 0.272 e. The van der Waals surface area contributed by atoms with Crippen molar-refractivity contribution in [2.75, 3.05) is 13.2 Å². The highest BCUT2D eigenvalue weighted by Crippen LogP contribution is 2.38. The van der Waals surface area contributed by atoms with Crippen LogP contribution in [0.4, 0.5) is 0 Å². The standard InChI is InChI=1S/C22H19ClN2O3/c1-14-4-2-7-19(24-14)22(27)25-8-9-28-21-17(13-25)10-16(12-20(21)26)15-5-3-6-18(23)11-15/h2-7,10-12,26H,8-9,13H2,1H3. The molecule has 4 rings (SSSR count). The zero-order chi connectivity index (χ0) is 19.7. The third kappa shape index (κ3) is 3.66. The van der Waals surface area contributed by atoms with Crippen molar-refractivity contribution in [2.24, 2.45) is 0 Å². The molecule has 2 aromatic carbocycles. The van der Waals surface area contributed by atoms with Crippen LogP contribution in [0.2, 0.25) is 5.02 Å². The van der Waals surface area contributed by atoms with Crippen molar-refractivity contribution in [1.82, 2.24) is 9.88 Å². The van der Waals surface area contributed by atoms with Crippen LogP contribution < -0.4 is 4.74 Å². The molecule has 1 N–H and O–H groups in total. The summed E-state index contributed by atoms with van der Waals surface area (Å²) < 4.78 is 5.74. The zero-order valence-electron chi connectivity index (χ0n) is 15.4. The van der Waals surface area contributed by atoms with E-state index in [0.717, 1.165) is 22.4 Å². The topological polar surface area (TPSA) is 62.7 Å². The summed E-state index contributed by atoms with van der Waals surface area (Å²) in [7, 11) is 0. The van der Waals surface area contributed by atoms with Crippen LogP contribution in [0.15, 0.2) is 54.6 Å². The Morgan fingerprint density at radius 3 is 2.75 bits per heavy atom. The number of aromatic hydroxyl groups is 1. The molecule has 3 aromatic rings. The molecule has 0 aliphatic carbocycles. The Hall–Kier alpha value is -3.05. The number of phenols is 1. The molecule has 1 aliphatic heterocycles. The molecule has 2 heterocycles. The Balaban J connectivity index is 1.69. The maximum Gasteiger partial charge on any atom is 0.272 e. The van der Waals surface area contributed by atoms with E-state index in [0.29, 0.717) is 36.2 Å². The number of carbonyl (C=O) groups excluding carboxylic acids is 1. The van der Waals surface area contributed by atoms with E-state index in [9.17, 15) is 9.90 Å². The van der Waals surface area contributed by atoms with Crippen molar-refractivity contribution in [3.8, 4) is 22.6 Å². The van der Waals surface area contributed by atoms with Crippen LogP contribution in [-0.4, -0.2) is 34.0 Å². The van der Waals surface area contributed by atoms with E-state index in [1.165, 1.54) is 0 Å². The highest BCUT2D eigenvalue weighted by Gasteiger charge is 2.24. The van der Waals surface area contributed by atoms with Gasteiger partial charge in [-0.2, -0.15) is 0 Å². The summed E-state index contributed by atoms with van der Waals surface area (Å²) in [6, 6.07) is 16.4. The maximum absolute atomic E-state index is 12.9. The first-order valence-corrected chi connectivity index (χ1v) is 9.36. The third-order valence-corrected chi connectivity index (χ3v) is 4.90. The summed E-state index contributed by atoms with van der Waals surface area (Å²) >= 11 is 6.10. The lowest BCUT2D eigenvalue weighted by Gasteiger charge is -2.20. The number of aromatic nitrogens is 1. The van der Waals surface area contributed by atoms with E-state index >= 15 is 0 Å². The minimum atomic E-state index is -0.159. The number of nitrogens with zero attached hydrogens (tertiary/aromatic N) is 2. The normalized spacial score (nSPS) is 13.4. The molecule has 1 aliphatic rings. The number of aryl methyl sites for hydroxylation is 1. The number of carbonyl (C=O) groups is 1. The number of halogens is 1. The molecule has 0 saturated carbocycles. The molecule has 0 spiro atoms. The van der Waals surface area contributed by atoms with E-state index in [-0.39, 0.29) is 11.7 Å². The van der Waals surface area contributed by atoms with Crippen LogP contribution >= 0.6 is 11.6 Å². The van der Waals surface area contributed by atoms with E-state index in [1.807, 2.05) is 43.3 Å². The molecular weight excluding hydrogens is 376 g/mol. The number of amides is 1. The summed E-state index contributed by atoms with van der Waals surface area (Å²) in [6.45, 7) is 2.89. The lowest BCUT2D eigenvalue weighted by atomic mass is 10.0. The summed E-state index contributed by atoms with van der Waals surface area (Å²) in [4.78, 5) is 18.9. The van der Waals surface area contributed by atoms with Crippen LogP contribution in [0.1, 0.15) is 21.7 Å². The fraction of sp³-hybridized carbons (Fsp3) is 0.182. The second-order valence-electron chi connectivity index (χ2n) is 6.73. The molecule has 1 aromatic heterocycles. The molecule has 1 amide bonds. The van der Waals surface area contributed by atoms with Gasteiger partial charge in [0.15, 0.2) is 11.5 Å². The summed E-state index contributed by atoms with van der Waals surface area (Å²) in [5, 5.41) is 11.1. The number of fused-ring (bicyclic) bond motifs is 1. The van der Waals surface area contributed by atoms with Gasteiger partial charge in [0.25, 0.3) is 5.91 Å². The number of hydrogen-bond donors (Lipinski definition) is 1. The van der Waals surface area contributed by atoms with Gasteiger partial charge < -0.3 is 14.7 Å². The van der Waals surface area contributed by atoms with E-state index < -0.39 is 0 Å². The van der Waals surface area contributed by atoms with Crippen LogP contribution in [-0.2, 0) is 6.54 Å². The number of ether oxygens (including phenoxy) is 1. The molecule has 0 bridgehead atoms. The fourth-order valence-corrected chi connectivity index (χ4v) is 3.52. The molecule has 0 unspecified atom stereocenters. The van der Waals surface area contributed by atoms with Crippen LogP contribution in [0.25, 0.3) is 11.1 Å².